The van der Waals surface area contributed by atoms with Gasteiger partial charge >= 0.3 is 0 Å². The molecule has 3 N–H and O–H groups in total. The molecule has 0 bridgehead atoms. The zero-order valence-electron chi connectivity index (χ0n) is 8.97. The van der Waals surface area contributed by atoms with Crippen molar-refractivity contribution in [3.8, 4) is 5.75 Å². The van der Waals surface area contributed by atoms with Gasteiger partial charge in [-0.3, -0.25) is 4.79 Å². The molecule has 1 atom stereocenters. The number of amides is 1. The maximum absolute atomic E-state index is 11.7. The van der Waals surface area contributed by atoms with Gasteiger partial charge in [-0.05, 0) is 26.0 Å². The molecular weight excluding hydrogens is 192 g/mol. The molecule has 1 aromatic rings. The summed E-state index contributed by atoms with van der Waals surface area (Å²) in [5, 5.41) is 9.31. The van der Waals surface area contributed by atoms with Crippen molar-refractivity contribution in [3.63, 3.8) is 0 Å². The van der Waals surface area contributed by atoms with Crippen LogP contribution in [0, 0.1) is 0 Å². The summed E-state index contributed by atoms with van der Waals surface area (Å²) < 4.78 is 0. The Bertz CT molecular complexity index is 350. The topological polar surface area (TPSA) is 66.6 Å². The molecule has 1 aromatic carbocycles. The van der Waals surface area contributed by atoms with Gasteiger partial charge in [-0.25, -0.2) is 0 Å². The van der Waals surface area contributed by atoms with Crippen LogP contribution in [0.4, 0.5) is 5.69 Å². The number of nitrogens with zero attached hydrogens (tertiary/aromatic N) is 1. The molecule has 15 heavy (non-hydrogen) atoms. The molecule has 0 aromatic heterocycles. The number of anilines is 1. The molecule has 0 saturated heterocycles. The molecule has 1 amide bonds. The molecular formula is C11H16N2O2. The summed E-state index contributed by atoms with van der Waals surface area (Å²) in [6.07, 6.45) is 0. The summed E-state index contributed by atoms with van der Waals surface area (Å²) in [5.74, 6) is -0.00785. The number of benzene rings is 1. The smallest absolute Gasteiger partial charge is 0.243 e. The number of carbonyl (C=O) groups is 1. The van der Waals surface area contributed by atoms with Gasteiger partial charge in [0.15, 0.2) is 0 Å². The largest absolute Gasteiger partial charge is 0.508 e. The fourth-order valence-electron chi connectivity index (χ4n) is 1.37. The van der Waals surface area contributed by atoms with E-state index < -0.39 is 6.04 Å². The van der Waals surface area contributed by atoms with Crippen LogP contribution in [0.5, 0.6) is 5.75 Å². The predicted octanol–water partition coefficient (Wildman–Crippen LogP) is 1.09. The Labute approximate surface area is 89.3 Å². The van der Waals surface area contributed by atoms with Crippen LogP contribution in [0.15, 0.2) is 24.3 Å². The van der Waals surface area contributed by atoms with Crippen LogP contribution in [0.3, 0.4) is 0 Å². The van der Waals surface area contributed by atoms with E-state index in [0.29, 0.717) is 12.2 Å². The Morgan fingerprint density at radius 3 is 2.73 bits per heavy atom. The molecule has 1 rings (SSSR count). The van der Waals surface area contributed by atoms with Crippen molar-refractivity contribution in [2.45, 2.75) is 19.9 Å². The van der Waals surface area contributed by atoms with E-state index in [4.69, 9.17) is 5.73 Å². The van der Waals surface area contributed by atoms with E-state index in [9.17, 15) is 9.90 Å². The fraction of sp³-hybridized carbons (Fsp3) is 0.364. The van der Waals surface area contributed by atoms with Crippen LogP contribution in [0.1, 0.15) is 13.8 Å². The van der Waals surface area contributed by atoms with Crippen LogP contribution in [-0.4, -0.2) is 23.6 Å². The second-order valence-corrected chi connectivity index (χ2v) is 3.39. The van der Waals surface area contributed by atoms with Crippen LogP contribution < -0.4 is 10.6 Å². The first kappa shape index (κ1) is 11.5. The number of hydrogen-bond donors (Lipinski definition) is 2. The Morgan fingerprint density at radius 1 is 1.60 bits per heavy atom. The number of nitrogens with two attached hydrogens (primary N) is 1. The summed E-state index contributed by atoms with van der Waals surface area (Å²) in [6.45, 7) is 4.04. The number of phenols is 1. The first-order valence-electron chi connectivity index (χ1n) is 4.92. The number of carbonyl (C=O) groups excluding carboxylic acids is 1. The molecule has 0 unspecified atom stereocenters. The van der Waals surface area contributed by atoms with Crippen molar-refractivity contribution in [1.82, 2.24) is 0 Å². The molecule has 0 heterocycles. The summed E-state index contributed by atoms with van der Waals surface area (Å²) in [5.41, 5.74) is 6.20. The third-order valence-corrected chi connectivity index (χ3v) is 2.11. The number of hydrogen-bond acceptors (Lipinski definition) is 3. The van der Waals surface area contributed by atoms with E-state index in [1.54, 1.807) is 36.1 Å². The number of aromatic hydroxyl groups is 1. The highest BCUT2D eigenvalue weighted by Gasteiger charge is 2.17. The van der Waals surface area contributed by atoms with Gasteiger partial charge in [0.2, 0.25) is 5.91 Å². The van der Waals surface area contributed by atoms with Gasteiger partial charge in [0, 0.05) is 18.3 Å². The number of phenolic OH excluding ortho intramolecular Hbond substituents is 1. The standard InChI is InChI=1S/C11H16N2O2/c1-3-13(11(15)8(2)12)9-5-4-6-10(14)7-9/h4-8,14H,3,12H2,1-2H3/t8-/m1/s1. The average Bonchev–Trinajstić information content (AvgIpc) is 2.18. The highest BCUT2D eigenvalue weighted by Crippen LogP contribution is 2.20. The van der Waals surface area contributed by atoms with Gasteiger partial charge < -0.3 is 15.7 Å². The van der Waals surface area contributed by atoms with Gasteiger partial charge in [0.25, 0.3) is 0 Å². The molecule has 4 nitrogen and oxygen atoms in total. The van der Waals surface area contributed by atoms with Crippen LogP contribution in [-0.2, 0) is 4.79 Å². The summed E-state index contributed by atoms with van der Waals surface area (Å²) >= 11 is 0. The maximum atomic E-state index is 11.7. The third kappa shape index (κ3) is 2.70. The Balaban J connectivity index is 2.97. The second-order valence-electron chi connectivity index (χ2n) is 3.39. The Hall–Kier alpha value is -1.55. The van der Waals surface area contributed by atoms with Gasteiger partial charge in [-0.2, -0.15) is 0 Å². The SMILES string of the molecule is CCN(C(=O)[C@@H](C)N)c1cccc(O)c1. The molecule has 0 saturated carbocycles. The van der Waals surface area contributed by atoms with Crippen molar-refractivity contribution >= 4 is 11.6 Å². The number of likely N-dealkylation sites (N-methyl/N-ethyl adjacent to an activating group) is 1. The lowest BCUT2D eigenvalue weighted by Crippen LogP contribution is -2.42. The van der Waals surface area contributed by atoms with E-state index in [1.807, 2.05) is 6.92 Å². The Kier molecular flexibility index (Phi) is 3.68. The molecule has 0 fully saturated rings. The van der Waals surface area contributed by atoms with Crippen molar-refractivity contribution in [2.75, 3.05) is 11.4 Å². The van der Waals surface area contributed by atoms with E-state index in [-0.39, 0.29) is 11.7 Å². The second kappa shape index (κ2) is 4.79. The monoisotopic (exact) mass is 208 g/mol. The zero-order valence-corrected chi connectivity index (χ0v) is 8.97. The minimum Gasteiger partial charge on any atom is -0.508 e. The van der Waals surface area contributed by atoms with Gasteiger partial charge in [0.1, 0.15) is 5.75 Å². The Morgan fingerprint density at radius 2 is 2.27 bits per heavy atom. The predicted molar refractivity (Wildman–Crippen MR) is 59.8 cm³/mol. The van der Waals surface area contributed by atoms with Crippen LogP contribution in [0.25, 0.3) is 0 Å². The quantitative estimate of drug-likeness (QED) is 0.781. The van der Waals surface area contributed by atoms with E-state index in [1.165, 1.54) is 0 Å². The van der Waals surface area contributed by atoms with E-state index in [2.05, 4.69) is 0 Å². The molecule has 82 valence electrons. The molecule has 0 aliphatic carbocycles. The molecule has 4 heteroatoms. The lowest BCUT2D eigenvalue weighted by molar-refractivity contribution is -0.119. The molecule has 0 aliphatic heterocycles. The highest BCUT2D eigenvalue weighted by atomic mass is 16.3. The normalized spacial score (nSPS) is 12.2. The van der Waals surface area contributed by atoms with E-state index in [0.717, 1.165) is 0 Å². The summed E-state index contributed by atoms with van der Waals surface area (Å²) in [6, 6.07) is 6.04. The minimum absolute atomic E-state index is 0.142. The average molecular weight is 208 g/mol. The third-order valence-electron chi connectivity index (χ3n) is 2.11. The molecule has 0 spiro atoms. The van der Waals surface area contributed by atoms with Gasteiger partial charge in [-0.1, -0.05) is 6.07 Å². The first-order valence-corrected chi connectivity index (χ1v) is 4.92. The van der Waals surface area contributed by atoms with E-state index >= 15 is 0 Å². The van der Waals surface area contributed by atoms with Crippen molar-refractivity contribution in [2.24, 2.45) is 5.73 Å². The molecule has 0 radical (unpaired) electrons. The van der Waals surface area contributed by atoms with Crippen molar-refractivity contribution < 1.29 is 9.90 Å². The van der Waals surface area contributed by atoms with Crippen LogP contribution in [0.2, 0.25) is 0 Å². The molecule has 0 aliphatic rings. The summed E-state index contributed by atoms with van der Waals surface area (Å²) in [7, 11) is 0. The van der Waals surface area contributed by atoms with Gasteiger partial charge in [0.05, 0.1) is 6.04 Å². The first-order chi connectivity index (χ1) is 7.06. The van der Waals surface area contributed by atoms with Crippen molar-refractivity contribution in [1.29, 1.82) is 0 Å². The van der Waals surface area contributed by atoms with Crippen molar-refractivity contribution in [3.05, 3.63) is 24.3 Å². The fourth-order valence-corrected chi connectivity index (χ4v) is 1.37. The minimum atomic E-state index is -0.535. The maximum Gasteiger partial charge on any atom is 0.243 e. The number of rotatable bonds is 3. The lowest BCUT2D eigenvalue weighted by atomic mass is 10.2. The lowest BCUT2D eigenvalue weighted by Gasteiger charge is -2.22. The highest BCUT2D eigenvalue weighted by molar-refractivity contribution is 5.96. The zero-order chi connectivity index (χ0) is 11.4. The van der Waals surface area contributed by atoms with Crippen LogP contribution >= 0.6 is 0 Å². The summed E-state index contributed by atoms with van der Waals surface area (Å²) in [4.78, 5) is 13.3. The van der Waals surface area contributed by atoms with Gasteiger partial charge in [-0.15, -0.1) is 0 Å².